The molecular formula is C18H30N4OS2. The van der Waals surface area contributed by atoms with Gasteiger partial charge in [0.05, 0.1) is 22.0 Å². The first-order valence-electron chi connectivity index (χ1n) is 8.85. The van der Waals surface area contributed by atoms with E-state index in [1.807, 2.05) is 13.8 Å². The summed E-state index contributed by atoms with van der Waals surface area (Å²) in [6, 6.07) is 6.42. The lowest BCUT2D eigenvalue weighted by atomic mass is 10.1. The van der Waals surface area contributed by atoms with Crippen LogP contribution in [0.1, 0.15) is 39.1 Å². The minimum atomic E-state index is -0.959. The fraction of sp³-hybridized carbons (Fsp3) is 0.611. The van der Waals surface area contributed by atoms with Crippen molar-refractivity contribution in [3.8, 4) is 0 Å². The number of imidazole rings is 1. The zero-order valence-electron chi connectivity index (χ0n) is 15.8. The number of hydrogen-bond donors (Lipinski definition) is 2. The molecule has 0 bridgehead atoms. The van der Waals surface area contributed by atoms with Gasteiger partial charge in [0.15, 0.2) is 0 Å². The maximum absolute atomic E-state index is 11.7. The summed E-state index contributed by atoms with van der Waals surface area (Å²) in [5.74, 6) is 1.10. The minimum Gasteiger partial charge on any atom is -0.331 e. The predicted molar refractivity (Wildman–Crippen MR) is 110 cm³/mol. The monoisotopic (exact) mass is 382 g/mol. The molecule has 1 heterocycles. The minimum absolute atomic E-state index is 0.142. The Morgan fingerprint density at radius 2 is 1.96 bits per heavy atom. The fourth-order valence-corrected chi connectivity index (χ4v) is 3.72. The molecule has 7 heteroatoms. The van der Waals surface area contributed by atoms with E-state index in [2.05, 4.69) is 53.1 Å². The molecule has 0 saturated carbocycles. The molecule has 0 aliphatic rings. The van der Waals surface area contributed by atoms with Crippen LogP contribution >= 0.6 is 11.9 Å². The van der Waals surface area contributed by atoms with Crippen LogP contribution in [0, 0.1) is 0 Å². The fourth-order valence-electron chi connectivity index (χ4n) is 2.53. The lowest BCUT2D eigenvalue weighted by Crippen LogP contribution is -2.26. The Balaban J connectivity index is 1.96. The zero-order valence-corrected chi connectivity index (χ0v) is 17.5. The molecule has 5 nitrogen and oxygen atoms in total. The Morgan fingerprint density at radius 3 is 2.64 bits per heavy atom. The zero-order chi connectivity index (χ0) is 18.4. The summed E-state index contributed by atoms with van der Waals surface area (Å²) in [5, 5.41) is 0.727. The highest BCUT2D eigenvalue weighted by molar-refractivity contribution is 7.97. The van der Waals surface area contributed by atoms with Gasteiger partial charge < -0.3 is 4.57 Å². The highest BCUT2D eigenvalue weighted by atomic mass is 32.2. The molecule has 0 fully saturated rings. The molecule has 1 aromatic carbocycles. The van der Waals surface area contributed by atoms with E-state index >= 15 is 0 Å². The van der Waals surface area contributed by atoms with Gasteiger partial charge in [0.2, 0.25) is 0 Å². The molecule has 25 heavy (non-hydrogen) atoms. The Labute approximate surface area is 158 Å². The van der Waals surface area contributed by atoms with Gasteiger partial charge in [-0.05, 0) is 38.0 Å². The van der Waals surface area contributed by atoms with E-state index < -0.39 is 11.0 Å². The van der Waals surface area contributed by atoms with Crippen LogP contribution in [0.3, 0.4) is 0 Å². The standard InChI is InChI=1S/C18H30N4OS2/c1-13(2)24-19-10-9-18-21-16-12-15(6-7-17(16)22(18)5)8-11-20-25(23)14(3)4/h6-7,12-14,19-20H,8-11H2,1-5H3. The lowest BCUT2D eigenvalue weighted by Gasteiger charge is -2.07. The van der Waals surface area contributed by atoms with E-state index in [9.17, 15) is 4.21 Å². The molecule has 1 unspecified atom stereocenters. The van der Waals surface area contributed by atoms with Crippen molar-refractivity contribution in [1.29, 1.82) is 0 Å². The Hall–Kier alpha value is -0.890. The first kappa shape index (κ1) is 20.4. The van der Waals surface area contributed by atoms with Gasteiger partial charge in [-0.25, -0.2) is 13.9 Å². The van der Waals surface area contributed by atoms with Crippen molar-refractivity contribution in [2.45, 2.75) is 51.0 Å². The summed E-state index contributed by atoms with van der Waals surface area (Å²) in [4.78, 5) is 4.79. The molecule has 1 aromatic heterocycles. The molecule has 1 atom stereocenters. The van der Waals surface area contributed by atoms with Gasteiger partial charge in [-0.3, -0.25) is 4.72 Å². The van der Waals surface area contributed by atoms with Crippen molar-refractivity contribution in [1.82, 2.24) is 19.0 Å². The van der Waals surface area contributed by atoms with E-state index in [-0.39, 0.29) is 5.25 Å². The first-order valence-corrected chi connectivity index (χ1v) is 10.9. The van der Waals surface area contributed by atoms with E-state index in [4.69, 9.17) is 4.98 Å². The topological polar surface area (TPSA) is 59.0 Å². The normalized spacial score (nSPS) is 13.2. The quantitative estimate of drug-likeness (QED) is 0.490. The molecule has 0 amide bonds. The van der Waals surface area contributed by atoms with Crippen molar-refractivity contribution >= 4 is 34.0 Å². The van der Waals surface area contributed by atoms with Crippen LogP contribution in [0.15, 0.2) is 18.2 Å². The number of nitrogens with zero attached hydrogens (tertiary/aromatic N) is 2. The summed E-state index contributed by atoms with van der Waals surface area (Å²) in [7, 11) is 1.12. The largest absolute Gasteiger partial charge is 0.331 e. The molecule has 2 aromatic rings. The highest BCUT2D eigenvalue weighted by Crippen LogP contribution is 2.17. The smallest absolute Gasteiger partial charge is 0.110 e. The van der Waals surface area contributed by atoms with Gasteiger partial charge in [-0.15, -0.1) is 0 Å². The van der Waals surface area contributed by atoms with Crippen LogP contribution in [0.25, 0.3) is 11.0 Å². The second kappa shape index (κ2) is 9.71. The Bertz CT molecular complexity index is 712. The number of aryl methyl sites for hydroxylation is 1. The molecule has 0 aliphatic heterocycles. The highest BCUT2D eigenvalue weighted by Gasteiger charge is 2.09. The van der Waals surface area contributed by atoms with Crippen molar-refractivity contribution < 1.29 is 4.21 Å². The van der Waals surface area contributed by atoms with Crippen molar-refractivity contribution in [3.63, 3.8) is 0 Å². The number of hydrogen-bond acceptors (Lipinski definition) is 4. The van der Waals surface area contributed by atoms with Crippen molar-refractivity contribution in [3.05, 3.63) is 29.6 Å². The lowest BCUT2D eigenvalue weighted by molar-refractivity contribution is 0.664. The SMILES string of the molecule is CC(C)SNCCc1nc2cc(CCNS(=O)C(C)C)ccc2n1C. The van der Waals surface area contributed by atoms with Crippen LogP contribution in [-0.4, -0.2) is 37.3 Å². The molecule has 2 N–H and O–H groups in total. The molecule has 0 aliphatic carbocycles. The number of nitrogens with one attached hydrogen (secondary N) is 2. The van der Waals surface area contributed by atoms with Gasteiger partial charge in [0.1, 0.15) is 5.82 Å². The summed E-state index contributed by atoms with van der Waals surface area (Å²) in [6.07, 6.45) is 1.77. The average Bonchev–Trinajstić information content (AvgIpc) is 2.87. The van der Waals surface area contributed by atoms with Crippen LogP contribution < -0.4 is 9.44 Å². The molecular weight excluding hydrogens is 352 g/mol. The summed E-state index contributed by atoms with van der Waals surface area (Å²) in [5.41, 5.74) is 3.42. The molecule has 0 radical (unpaired) electrons. The first-order chi connectivity index (χ1) is 11.9. The second-order valence-corrected chi connectivity index (χ2v) is 10.0. The van der Waals surface area contributed by atoms with Crippen LogP contribution in [0.5, 0.6) is 0 Å². The predicted octanol–water partition coefficient (Wildman–Crippen LogP) is 2.97. The third-order valence-corrected chi connectivity index (χ3v) is 6.08. The summed E-state index contributed by atoms with van der Waals surface area (Å²) >= 11 is 1.76. The van der Waals surface area contributed by atoms with Crippen molar-refractivity contribution in [2.24, 2.45) is 7.05 Å². The molecule has 0 spiro atoms. The van der Waals surface area contributed by atoms with Crippen LogP contribution in [-0.2, 0) is 30.9 Å². The Kier molecular flexibility index (Phi) is 7.93. The second-order valence-electron chi connectivity index (χ2n) is 6.71. The number of benzene rings is 1. The Morgan fingerprint density at radius 1 is 1.20 bits per heavy atom. The van der Waals surface area contributed by atoms with Gasteiger partial charge in [-0.1, -0.05) is 31.9 Å². The third-order valence-electron chi connectivity index (χ3n) is 3.89. The molecule has 0 saturated heterocycles. The molecule has 2 rings (SSSR count). The van der Waals surface area contributed by atoms with E-state index in [1.165, 1.54) is 5.56 Å². The third kappa shape index (κ3) is 6.09. The van der Waals surface area contributed by atoms with Gasteiger partial charge in [0.25, 0.3) is 0 Å². The number of aromatic nitrogens is 2. The van der Waals surface area contributed by atoms with Crippen LogP contribution in [0.2, 0.25) is 0 Å². The van der Waals surface area contributed by atoms with Gasteiger partial charge in [0, 0.05) is 37.1 Å². The molecule has 140 valence electrons. The summed E-state index contributed by atoms with van der Waals surface area (Å²) in [6.45, 7) is 9.90. The maximum Gasteiger partial charge on any atom is 0.110 e. The summed E-state index contributed by atoms with van der Waals surface area (Å²) < 4.78 is 20.4. The average molecular weight is 383 g/mol. The van der Waals surface area contributed by atoms with E-state index in [0.717, 1.165) is 36.2 Å². The van der Waals surface area contributed by atoms with Gasteiger partial charge >= 0.3 is 0 Å². The van der Waals surface area contributed by atoms with E-state index in [1.54, 1.807) is 11.9 Å². The van der Waals surface area contributed by atoms with Crippen molar-refractivity contribution in [2.75, 3.05) is 13.1 Å². The van der Waals surface area contributed by atoms with Crippen LogP contribution in [0.4, 0.5) is 0 Å². The number of fused-ring (bicyclic) bond motifs is 1. The van der Waals surface area contributed by atoms with E-state index in [0.29, 0.717) is 11.8 Å². The van der Waals surface area contributed by atoms with Gasteiger partial charge in [-0.2, -0.15) is 0 Å². The number of rotatable bonds is 10. The maximum atomic E-state index is 11.7.